The van der Waals surface area contributed by atoms with E-state index in [9.17, 15) is 0 Å². The lowest BCUT2D eigenvalue weighted by Crippen LogP contribution is -2.54. The van der Waals surface area contributed by atoms with Gasteiger partial charge in [0, 0.05) is 54.9 Å². The predicted molar refractivity (Wildman–Crippen MR) is 161 cm³/mol. The molecule has 39 heavy (non-hydrogen) atoms. The van der Waals surface area contributed by atoms with Crippen LogP contribution < -0.4 is 0 Å². The smallest absolute Gasteiger partial charge is 0.0840 e. The predicted octanol–water partition coefficient (Wildman–Crippen LogP) is 8.14. The lowest BCUT2D eigenvalue weighted by molar-refractivity contribution is -0.0738. The molecule has 0 amide bonds. The molecule has 0 unspecified atom stereocenters. The Morgan fingerprint density at radius 1 is 0.795 bits per heavy atom. The van der Waals surface area contributed by atoms with Crippen molar-refractivity contribution >= 4 is 34.8 Å². The minimum Gasteiger partial charge on any atom is -0.300 e. The molecule has 0 atom stereocenters. The molecule has 3 aromatic rings. The topological polar surface area (TPSA) is 24.3 Å². The fourth-order valence-corrected chi connectivity index (χ4v) is 9.36. The van der Waals surface area contributed by atoms with Crippen LogP contribution in [0.25, 0.3) is 16.9 Å². The fraction of sp³-hybridized carbons (Fsp3) is 0.531. The van der Waals surface area contributed by atoms with E-state index in [0.29, 0.717) is 15.5 Å². The molecule has 1 aliphatic heterocycles. The van der Waals surface area contributed by atoms with Gasteiger partial charge in [-0.05, 0) is 105 Å². The van der Waals surface area contributed by atoms with Gasteiger partial charge in [-0.25, -0.2) is 4.68 Å². The number of hydrogen-bond donors (Lipinski definition) is 0. The van der Waals surface area contributed by atoms with Crippen LogP contribution >= 0.6 is 34.8 Å². The molecule has 8 rings (SSSR count). The van der Waals surface area contributed by atoms with E-state index in [1.54, 1.807) is 6.07 Å². The zero-order chi connectivity index (χ0) is 26.7. The largest absolute Gasteiger partial charge is 0.300 e. The number of piperazine rings is 1. The summed E-state index contributed by atoms with van der Waals surface area (Å²) in [5.74, 6) is 3.08. The number of benzene rings is 2. The summed E-state index contributed by atoms with van der Waals surface area (Å²) < 4.78 is 1.98. The molecule has 0 radical (unpaired) electrons. The molecule has 4 aliphatic carbocycles. The van der Waals surface area contributed by atoms with Crippen molar-refractivity contribution in [2.75, 3.05) is 32.7 Å². The van der Waals surface area contributed by atoms with Gasteiger partial charge in [0.15, 0.2) is 0 Å². The fourth-order valence-electron chi connectivity index (χ4n) is 8.74. The Kier molecular flexibility index (Phi) is 7.00. The van der Waals surface area contributed by atoms with Crippen molar-refractivity contribution < 1.29 is 0 Å². The Balaban J connectivity index is 1.09. The lowest BCUT2D eigenvalue weighted by atomic mass is 9.49. The average Bonchev–Trinajstić information content (AvgIpc) is 3.20. The average molecular weight is 584 g/mol. The normalized spacial score (nSPS) is 28.9. The zero-order valence-electron chi connectivity index (χ0n) is 22.7. The second kappa shape index (κ2) is 10.4. The van der Waals surface area contributed by atoms with Gasteiger partial charge in [-0.1, -0.05) is 46.9 Å². The highest BCUT2D eigenvalue weighted by molar-refractivity contribution is 6.35. The van der Waals surface area contributed by atoms with Gasteiger partial charge in [0.25, 0.3) is 0 Å². The van der Waals surface area contributed by atoms with E-state index >= 15 is 0 Å². The van der Waals surface area contributed by atoms with E-state index in [1.807, 2.05) is 28.9 Å². The van der Waals surface area contributed by atoms with Gasteiger partial charge in [-0.2, -0.15) is 5.10 Å². The van der Waals surface area contributed by atoms with Crippen LogP contribution in [-0.2, 0) is 6.54 Å². The van der Waals surface area contributed by atoms with Crippen LogP contribution in [-0.4, -0.2) is 52.3 Å². The number of halogens is 3. The third-order valence-electron chi connectivity index (χ3n) is 10.0. The number of nitrogens with zero attached hydrogens (tertiary/aromatic N) is 4. The van der Waals surface area contributed by atoms with Crippen molar-refractivity contribution in [1.82, 2.24) is 19.6 Å². The standard InChI is InChI=1S/C32H37Cl3N4/c1-21-29(36-39(30-7-6-27(34)15-28(30)35)31(21)25-2-4-26(33)5-3-25)19-37-8-10-38(11-9-37)20-32-16-22-12-23(17-32)14-24(13-22)18-32/h2-7,15,22-24H,8-14,16-20H2,1H3. The number of aromatic nitrogens is 2. The van der Waals surface area contributed by atoms with Gasteiger partial charge < -0.3 is 4.90 Å². The number of hydrogen-bond acceptors (Lipinski definition) is 3. The highest BCUT2D eigenvalue weighted by atomic mass is 35.5. The molecule has 4 nitrogen and oxygen atoms in total. The molecule has 4 bridgehead atoms. The van der Waals surface area contributed by atoms with Crippen molar-refractivity contribution in [2.45, 2.75) is 52.0 Å². The van der Waals surface area contributed by atoms with Crippen molar-refractivity contribution in [1.29, 1.82) is 0 Å². The summed E-state index contributed by atoms with van der Waals surface area (Å²) in [4.78, 5) is 5.35. The Morgan fingerprint density at radius 2 is 1.38 bits per heavy atom. The molecule has 0 spiro atoms. The highest BCUT2D eigenvalue weighted by Crippen LogP contribution is 2.60. The first-order valence-corrected chi connectivity index (χ1v) is 15.7. The molecular weight excluding hydrogens is 547 g/mol. The molecule has 0 N–H and O–H groups in total. The molecule has 2 aromatic carbocycles. The lowest BCUT2D eigenvalue weighted by Gasteiger charge is -2.58. The van der Waals surface area contributed by atoms with Gasteiger partial charge >= 0.3 is 0 Å². The van der Waals surface area contributed by atoms with Crippen LogP contribution in [0.15, 0.2) is 42.5 Å². The minimum atomic E-state index is 0.588. The van der Waals surface area contributed by atoms with Gasteiger partial charge in [-0.3, -0.25) is 4.90 Å². The summed E-state index contributed by atoms with van der Waals surface area (Å²) >= 11 is 19.1. The van der Waals surface area contributed by atoms with E-state index in [4.69, 9.17) is 39.9 Å². The number of rotatable bonds is 6. The highest BCUT2D eigenvalue weighted by Gasteiger charge is 2.51. The van der Waals surface area contributed by atoms with E-state index in [2.05, 4.69) is 28.9 Å². The van der Waals surface area contributed by atoms with Crippen LogP contribution in [0.5, 0.6) is 0 Å². The quantitative estimate of drug-likeness (QED) is 0.293. The Hall–Kier alpha value is -1.56. The summed E-state index contributed by atoms with van der Waals surface area (Å²) in [5.41, 5.74) is 5.85. The molecule has 5 fully saturated rings. The maximum atomic E-state index is 6.66. The summed E-state index contributed by atoms with van der Waals surface area (Å²) in [7, 11) is 0. The molecule has 7 heteroatoms. The SMILES string of the molecule is Cc1c(CN2CCN(CC34CC5CC(CC(C5)C3)C4)CC2)nn(-c2ccc(Cl)cc2Cl)c1-c1ccc(Cl)cc1. The second-order valence-corrected chi connectivity index (χ2v) is 14.2. The summed E-state index contributed by atoms with van der Waals surface area (Å²) in [6.45, 7) is 8.86. The van der Waals surface area contributed by atoms with Gasteiger partial charge in [0.2, 0.25) is 0 Å². The summed E-state index contributed by atoms with van der Waals surface area (Å²) in [5, 5.41) is 7.06. The molecule has 1 saturated heterocycles. The maximum absolute atomic E-state index is 6.66. The van der Waals surface area contributed by atoms with Crippen LogP contribution in [0.3, 0.4) is 0 Å². The third-order valence-corrected chi connectivity index (χ3v) is 10.8. The monoisotopic (exact) mass is 582 g/mol. The summed E-state index contributed by atoms with van der Waals surface area (Å²) in [6.07, 6.45) is 9.07. The maximum Gasteiger partial charge on any atom is 0.0840 e. The molecular formula is C32H37Cl3N4. The summed E-state index contributed by atoms with van der Waals surface area (Å²) in [6, 6.07) is 13.6. The molecule has 4 saturated carbocycles. The Bertz CT molecular complexity index is 1320. The van der Waals surface area contributed by atoms with Crippen LogP contribution in [0.1, 0.15) is 49.8 Å². The Labute approximate surface area is 247 Å². The van der Waals surface area contributed by atoms with Gasteiger partial charge in [-0.15, -0.1) is 0 Å². The van der Waals surface area contributed by atoms with Crippen molar-refractivity contribution in [2.24, 2.45) is 23.2 Å². The van der Waals surface area contributed by atoms with Crippen molar-refractivity contribution in [3.05, 3.63) is 68.8 Å². The van der Waals surface area contributed by atoms with Crippen LogP contribution in [0, 0.1) is 30.1 Å². The van der Waals surface area contributed by atoms with Gasteiger partial charge in [0.05, 0.1) is 22.1 Å². The van der Waals surface area contributed by atoms with E-state index in [0.717, 1.165) is 78.1 Å². The third kappa shape index (κ3) is 5.17. The molecule has 5 aliphatic rings. The van der Waals surface area contributed by atoms with E-state index in [-0.39, 0.29) is 0 Å². The van der Waals surface area contributed by atoms with Crippen molar-refractivity contribution in [3.63, 3.8) is 0 Å². The zero-order valence-corrected chi connectivity index (χ0v) is 24.9. The molecule has 2 heterocycles. The van der Waals surface area contributed by atoms with Crippen LogP contribution in [0.4, 0.5) is 0 Å². The first-order valence-electron chi connectivity index (χ1n) is 14.6. The first-order chi connectivity index (χ1) is 18.8. The van der Waals surface area contributed by atoms with Gasteiger partial charge in [0.1, 0.15) is 0 Å². The second-order valence-electron chi connectivity index (χ2n) is 12.9. The first kappa shape index (κ1) is 26.3. The van der Waals surface area contributed by atoms with E-state index in [1.165, 1.54) is 50.6 Å². The Morgan fingerprint density at radius 3 is 2.00 bits per heavy atom. The molecule has 1 aromatic heterocycles. The minimum absolute atomic E-state index is 0.588. The molecule has 206 valence electrons. The van der Waals surface area contributed by atoms with E-state index < -0.39 is 0 Å². The van der Waals surface area contributed by atoms with Crippen molar-refractivity contribution in [3.8, 4) is 16.9 Å². The van der Waals surface area contributed by atoms with Crippen LogP contribution in [0.2, 0.25) is 15.1 Å².